The lowest BCUT2D eigenvalue weighted by atomic mass is 10.1. The molecule has 1 saturated heterocycles. The molecule has 0 radical (unpaired) electrons. The van der Waals surface area contributed by atoms with E-state index in [1.54, 1.807) is 36.3 Å². The number of nitrogens with two attached hydrogens (primary N) is 1. The van der Waals surface area contributed by atoms with Crippen molar-refractivity contribution < 1.29 is 17.9 Å². The zero-order valence-corrected chi connectivity index (χ0v) is 20.2. The van der Waals surface area contributed by atoms with Gasteiger partial charge >= 0.3 is 0 Å². The molecule has 1 unspecified atom stereocenters. The molecule has 1 aliphatic rings. The summed E-state index contributed by atoms with van der Waals surface area (Å²) >= 11 is 0. The first-order valence-electron chi connectivity index (χ1n) is 11.1. The number of hydrogen-bond acceptors (Lipinski definition) is 7. The molecular formula is C25H25N5O4S. The van der Waals surface area contributed by atoms with Crippen LogP contribution in [0.1, 0.15) is 12.0 Å². The van der Waals surface area contributed by atoms with Crippen LogP contribution in [0.25, 0.3) is 21.7 Å². The molecule has 1 aliphatic heterocycles. The molecule has 2 heterocycles. The second kappa shape index (κ2) is 8.79. The summed E-state index contributed by atoms with van der Waals surface area (Å²) in [6.07, 6.45) is 1.82. The monoisotopic (exact) mass is 491 g/mol. The molecule has 0 aliphatic carbocycles. The average Bonchev–Trinajstić information content (AvgIpc) is 3.22. The zero-order chi connectivity index (χ0) is 24.7. The lowest BCUT2D eigenvalue weighted by molar-refractivity contribution is -0.131. The standard InChI is InChI=1S/C25H25N5O4S/c1-29(35(32,33)20-7-5-17-4-6-19(34-2)12-18(17)13-20)23-9-10-30(25(23)31)14-16-3-8-22-21(11-16)24(26)28-15-27-22/h3-8,11-13,15,23H,9-10,14H2,1-2H3,(H2,26,27,28). The van der Waals surface area contributed by atoms with Crippen molar-refractivity contribution in [2.45, 2.75) is 23.9 Å². The molecule has 4 aromatic rings. The maximum absolute atomic E-state index is 13.4. The maximum atomic E-state index is 13.4. The van der Waals surface area contributed by atoms with Gasteiger partial charge in [-0.2, -0.15) is 4.31 Å². The highest BCUT2D eigenvalue weighted by Gasteiger charge is 2.39. The summed E-state index contributed by atoms with van der Waals surface area (Å²) in [5, 5.41) is 2.37. The molecule has 35 heavy (non-hydrogen) atoms. The first-order chi connectivity index (χ1) is 16.8. The van der Waals surface area contributed by atoms with E-state index >= 15 is 0 Å². The van der Waals surface area contributed by atoms with E-state index in [1.165, 1.54) is 17.7 Å². The lowest BCUT2D eigenvalue weighted by Crippen LogP contribution is -2.42. The van der Waals surface area contributed by atoms with E-state index in [4.69, 9.17) is 10.5 Å². The Morgan fingerprint density at radius 3 is 2.69 bits per heavy atom. The Balaban J connectivity index is 1.36. The normalized spacial score (nSPS) is 16.5. The van der Waals surface area contributed by atoms with Crippen molar-refractivity contribution in [3.63, 3.8) is 0 Å². The molecule has 1 amide bonds. The van der Waals surface area contributed by atoms with Gasteiger partial charge in [0.15, 0.2) is 0 Å². The summed E-state index contributed by atoms with van der Waals surface area (Å²) in [7, 11) is -0.858. The summed E-state index contributed by atoms with van der Waals surface area (Å²) in [4.78, 5) is 23.2. The van der Waals surface area contributed by atoms with Gasteiger partial charge in [-0.25, -0.2) is 18.4 Å². The number of benzene rings is 3. The number of rotatable bonds is 6. The minimum Gasteiger partial charge on any atom is -0.497 e. The summed E-state index contributed by atoms with van der Waals surface area (Å²) in [6, 6.07) is 15.3. The minimum absolute atomic E-state index is 0.136. The fraction of sp³-hybridized carbons (Fsp3) is 0.240. The van der Waals surface area contributed by atoms with Gasteiger partial charge in [0.25, 0.3) is 0 Å². The maximum Gasteiger partial charge on any atom is 0.243 e. The molecule has 0 spiro atoms. The van der Waals surface area contributed by atoms with Crippen molar-refractivity contribution in [2.75, 3.05) is 26.4 Å². The Labute approximate surface area is 203 Å². The van der Waals surface area contributed by atoms with E-state index in [0.717, 1.165) is 27.2 Å². The Kier molecular flexibility index (Phi) is 5.78. The van der Waals surface area contributed by atoms with Gasteiger partial charge in [0.1, 0.15) is 23.9 Å². The third-order valence-electron chi connectivity index (χ3n) is 6.51. The van der Waals surface area contributed by atoms with E-state index in [1.807, 2.05) is 30.3 Å². The van der Waals surface area contributed by atoms with E-state index < -0.39 is 16.1 Å². The van der Waals surface area contributed by atoms with Crippen LogP contribution in [0.2, 0.25) is 0 Å². The van der Waals surface area contributed by atoms with Crippen molar-refractivity contribution in [3.8, 4) is 5.75 Å². The number of nitrogen functional groups attached to an aromatic ring is 1. The number of nitrogens with zero attached hydrogens (tertiary/aromatic N) is 4. The first kappa shape index (κ1) is 23.0. The summed E-state index contributed by atoms with van der Waals surface area (Å²) in [5.41, 5.74) is 7.57. The molecule has 1 fully saturated rings. The Bertz CT molecular complexity index is 1560. The number of amides is 1. The van der Waals surface area contributed by atoms with Crippen LogP contribution in [-0.4, -0.2) is 60.2 Å². The zero-order valence-electron chi connectivity index (χ0n) is 19.4. The van der Waals surface area contributed by atoms with Gasteiger partial charge in [-0.05, 0) is 59.2 Å². The van der Waals surface area contributed by atoms with E-state index in [-0.39, 0.29) is 10.8 Å². The van der Waals surface area contributed by atoms with E-state index in [2.05, 4.69) is 9.97 Å². The van der Waals surface area contributed by atoms with Crippen LogP contribution in [0.15, 0.2) is 65.8 Å². The predicted molar refractivity (Wildman–Crippen MR) is 133 cm³/mol. The molecule has 0 saturated carbocycles. The van der Waals surface area contributed by atoms with Gasteiger partial charge in [-0.1, -0.05) is 18.2 Å². The second-order valence-corrected chi connectivity index (χ2v) is 10.6. The van der Waals surface area contributed by atoms with Gasteiger partial charge in [-0.3, -0.25) is 4.79 Å². The third-order valence-corrected chi connectivity index (χ3v) is 8.37. The topological polar surface area (TPSA) is 119 Å². The molecule has 1 atom stereocenters. The van der Waals surface area contributed by atoms with Crippen LogP contribution in [-0.2, 0) is 21.4 Å². The molecule has 0 bridgehead atoms. The number of ether oxygens (including phenoxy) is 1. The molecule has 5 rings (SSSR count). The number of hydrogen-bond donors (Lipinski definition) is 1. The number of methoxy groups -OCH3 is 1. The number of anilines is 1. The highest BCUT2D eigenvalue weighted by Crippen LogP contribution is 2.28. The van der Waals surface area contributed by atoms with Crippen molar-refractivity contribution >= 4 is 43.4 Å². The number of carbonyl (C=O) groups is 1. The van der Waals surface area contributed by atoms with Crippen LogP contribution in [0, 0.1) is 0 Å². The highest BCUT2D eigenvalue weighted by atomic mass is 32.2. The van der Waals surface area contributed by atoms with Crippen LogP contribution in [0.5, 0.6) is 5.75 Å². The number of sulfonamides is 1. The largest absolute Gasteiger partial charge is 0.497 e. The van der Waals surface area contributed by atoms with Crippen molar-refractivity contribution in [2.24, 2.45) is 0 Å². The second-order valence-electron chi connectivity index (χ2n) is 8.57. The molecule has 2 N–H and O–H groups in total. The van der Waals surface area contributed by atoms with Crippen molar-refractivity contribution in [1.82, 2.24) is 19.2 Å². The average molecular weight is 492 g/mol. The van der Waals surface area contributed by atoms with Gasteiger partial charge in [-0.15, -0.1) is 0 Å². The van der Waals surface area contributed by atoms with Gasteiger partial charge < -0.3 is 15.4 Å². The number of likely N-dealkylation sites (N-methyl/N-ethyl adjacent to an activating group) is 1. The Hall–Kier alpha value is -3.76. The third kappa shape index (κ3) is 4.15. The quantitative estimate of drug-likeness (QED) is 0.440. The van der Waals surface area contributed by atoms with Gasteiger partial charge in [0, 0.05) is 25.5 Å². The fourth-order valence-electron chi connectivity index (χ4n) is 4.48. The summed E-state index contributed by atoms with van der Waals surface area (Å²) < 4.78 is 33.3. The number of aromatic nitrogens is 2. The van der Waals surface area contributed by atoms with Crippen molar-refractivity contribution in [1.29, 1.82) is 0 Å². The number of likely N-dealkylation sites (tertiary alicyclic amines) is 1. The van der Waals surface area contributed by atoms with Crippen LogP contribution in [0.3, 0.4) is 0 Å². The van der Waals surface area contributed by atoms with Crippen LogP contribution >= 0.6 is 0 Å². The first-order valence-corrected chi connectivity index (χ1v) is 12.6. The van der Waals surface area contributed by atoms with Crippen LogP contribution in [0.4, 0.5) is 5.82 Å². The Morgan fingerprint density at radius 2 is 1.89 bits per heavy atom. The van der Waals surface area contributed by atoms with Crippen LogP contribution < -0.4 is 10.5 Å². The van der Waals surface area contributed by atoms with E-state index in [0.29, 0.717) is 31.1 Å². The van der Waals surface area contributed by atoms with Crippen molar-refractivity contribution in [3.05, 3.63) is 66.5 Å². The molecular weight excluding hydrogens is 466 g/mol. The lowest BCUT2D eigenvalue weighted by Gasteiger charge is -2.24. The molecule has 3 aromatic carbocycles. The summed E-state index contributed by atoms with van der Waals surface area (Å²) in [5.74, 6) is 0.793. The molecule has 10 heteroatoms. The van der Waals surface area contributed by atoms with Gasteiger partial charge in [0.05, 0.1) is 17.5 Å². The SMILES string of the molecule is COc1ccc2ccc(S(=O)(=O)N(C)C3CCN(Cc4ccc5ncnc(N)c5c4)C3=O)cc2c1. The van der Waals surface area contributed by atoms with E-state index in [9.17, 15) is 13.2 Å². The predicted octanol–water partition coefficient (Wildman–Crippen LogP) is 2.80. The summed E-state index contributed by atoms with van der Waals surface area (Å²) in [6.45, 7) is 0.806. The minimum atomic E-state index is -3.89. The highest BCUT2D eigenvalue weighted by molar-refractivity contribution is 7.89. The number of carbonyl (C=O) groups excluding carboxylic acids is 1. The molecule has 180 valence electrons. The number of fused-ring (bicyclic) bond motifs is 2. The molecule has 9 nitrogen and oxygen atoms in total. The molecule has 1 aromatic heterocycles. The fourth-order valence-corrected chi connectivity index (χ4v) is 5.86. The van der Waals surface area contributed by atoms with Gasteiger partial charge in [0.2, 0.25) is 15.9 Å². The Morgan fingerprint density at radius 1 is 1.09 bits per heavy atom. The smallest absolute Gasteiger partial charge is 0.243 e.